The maximum atomic E-state index is 12.7. The van der Waals surface area contributed by atoms with Gasteiger partial charge in [0.2, 0.25) is 0 Å². The third-order valence-electron chi connectivity index (χ3n) is 3.75. The number of carbonyl (C=O) groups is 1. The van der Waals surface area contributed by atoms with Crippen LogP contribution < -0.4 is 0 Å². The molecule has 1 heterocycles. The van der Waals surface area contributed by atoms with Gasteiger partial charge in [-0.2, -0.15) is 13.2 Å². The van der Waals surface area contributed by atoms with Crippen molar-refractivity contribution in [3.63, 3.8) is 0 Å². The second kappa shape index (κ2) is 6.69. The number of alkyl halides is 3. The highest BCUT2D eigenvalue weighted by Gasteiger charge is 2.33. The molecule has 2 nitrogen and oxygen atoms in total. The van der Waals surface area contributed by atoms with Crippen molar-refractivity contribution in [1.29, 1.82) is 0 Å². The average molecular weight is 372 g/mol. The van der Waals surface area contributed by atoms with Gasteiger partial charge < -0.3 is 4.90 Å². The fraction of sp³-hybridized carbons (Fsp3) is 0.235. The van der Waals surface area contributed by atoms with E-state index in [9.17, 15) is 18.0 Å². The molecule has 1 atom stereocenters. The summed E-state index contributed by atoms with van der Waals surface area (Å²) >= 11 is 7.46. The zero-order chi connectivity index (χ0) is 17.3. The summed E-state index contributed by atoms with van der Waals surface area (Å²) < 4.78 is 38.0. The molecule has 0 saturated carbocycles. The van der Waals surface area contributed by atoms with Crippen molar-refractivity contribution in [2.24, 2.45) is 0 Å². The molecule has 0 aromatic heterocycles. The summed E-state index contributed by atoms with van der Waals surface area (Å²) in [5.74, 6) is 0.560. The molecule has 1 aliphatic rings. The lowest BCUT2D eigenvalue weighted by Crippen LogP contribution is -2.30. The number of hydrogen-bond acceptors (Lipinski definition) is 2. The van der Waals surface area contributed by atoms with Crippen LogP contribution in [0.4, 0.5) is 13.2 Å². The molecule has 7 heteroatoms. The summed E-state index contributed by atoms with van der Waals surface area (Å²) in [5, 5.41) is 0.178. The molecule has 0 N–H and O–H groups in total. The first-order valence-corrected chi connectivity index (χ1v) is 8.64. The van der Waals surface area contributed by atoms with E-state index in [0.29, 0.717) is 22.7 Å². The second-order valence-electron chi connectivity index (χ2n) is 5.35. The van der Waals surface area contributed by atoms with Crippen molar-refractivity contribution in [2.75, 3.05) is 12.3 Å². The zero-order valence-corrected chi connectivity index (χ0v) is 14.0. The van der Waals surface area contributed by atoms with Crippen molar-refractivity contribution >= 4 is 29.3 Å². The van der Waals surface area contributed by atoms with Crippen LogP contribution in [0.2, 0.25) is 5.02 Å². The maximum Gasteiger partial charge on any atom is 0.416 e. The highest BCUT2D eigenvalue weighted by atomic mass is 35.5. The molecule has 1 aliphatic heterocycles. The summed E-state index contributed by atoms with van der Waals surface area (Å²) in [5.41, 5.74) is 0.463. The number of hydrogen-bond donors (Lipinski definition) is 0. The van der Waals surface area contributed by atoms with Crippen LogP contribution >= 0.6 is 23.4 Å². The fourth-order valence-corrected chi connectivity index (χ4v) is 4.02. The topological polar surface area (TPSA) is 20.3 Å². The normalized spacial score (nSPS) is 18.0. The Labute approximate surface area is 146 Å². The highest BCUT2D eigenvalue weighted by molar-refractivity contribution is 7.99. The SMILES string of the molecule is O=C(c1cccc(Cl)c1)N1CCS[C@@H]1c1ccc(C(F)(F)F)cc1. The number of nitrogens with zero attached hydrogens (tertiary/aromatic N) is 1. The van der Waals surface area contributed by atoms with Gasteiger partial charge in [-0.3, -0.25) is 4.79 Å². The Kier molecular flexibility index (Phi) is 4.78. The van der Waals surface area contributed by atoms with Crippen LogP contribution in [0.3, 0.4) is 0 Å². The van der Waals surface area contributed by atoms with Gasteiger partial charge in [0.15, 0.2) is 0 Å². The largest absolute Gasteiger partial charge is 0.416 e. The Hall–Kier alpha value is -1.66. The van der Waals surface area contributed by atoms with E-state index in [1.54, 1.807) is 29.2 Å². The van der Waals surface area contributed by atoms with Gasteiger partial charge in [-0.05, 0) is 35.9 Å². The van der Waals surface area contributed by atoms with Gasteiger partial charge in [0.1, 0.15) is 5.37 Å². The summed E-state index contributed by atoms with van der Waals surface area (Å²) in [7, 11) is 0. The monoisotopic (exact) mass is 371 g/mol. The highest BCUT2D eigenvalue weighted by Crippen LogP contribution is 2.40. The van der Waals surface area contributed by atoms with Crippen molar-refractivity contribution in [1.82, 2.24) is 4.90 Å². The number of halogens is 4. The van der Waals surface area contributed by atoms with Gasteiger partial charge in [-0.1, -0.05) is 29.8 Å². The Morgan fingerprint density at radius 3 is 2.50 bits per heavy atom. The molecule has 24 heavy (non-hydrogen) atoms. The molecule has 1 saturated heterocycles. The summed E-state index contributed by atoms with van der Waals surface area (Å²) in [4.78, 5) is 14.3. The molecular weight excluding hydrogens is 359 g/mol. The zero-order valence-electron chi connectivity index (χ0n) is 12.4. The van der Waals surface area contributed by atoms with Gasteiger partial charge in [0.05, 0.1) is 5.56 Å². The standard InChI is InChI=1S/C17H13ClF3NOS/c18-14-3-1-2-12(10-14)15(23)22-8-9-24-16(22)11-4-6-13(7-5-11)17(19,20)21/h1-7,10,16H,8-9H2/t16-/m1/s1. The first kappa shape index (κ1) is 17.2. The van der Waals surface area contributed by atoms with E-state index < -0.39 is 11.7 Å². The van der Waals surface area contributed by atoms with Gasteiger partial charge in [-0.25, -0.2) is 0 Å². The minimum Gasteiger partial charge on any atom is -0.322 e. The van der Waals surface area contributed by atoms with Crippen molar-refractivity contribution < 1.29 is 18.0 Å². The molecular formula is C17H13ClF3NOS. The third kappa shape index (κ3) is 3.54. The van der Waals surface area contributed by atoms with E-state index in [0.717, 1.165) is 17.9 Å². The van der Waals surface area contributed by atoms with Crippen LogP contribution in [0.15, 0.2) is 48.5 Å². The summed E-state index contributed by atoms with van der Waals surface area (Å²) in [6, 6.07) is 11.6. The predicted octanol–water partition coefficient (Wildman–Crippen LogP) is 5.25. The predicted molar refractivity (Wildman–Crippen MR) is 89.1 cm³/mol. The smallest absolute Gasteiger partial charge is 0.322 e. The summed E-state index contributed by atoms with van der Waals surface area (Å²) in [6.07, 6.45) is -4.36. The molecule has 0 unspecified atom stereocenters. The molecule has 0 spiro atoms. The lowest BCUT2D eigenvalue weighted by Gasteiger charge is -2.24. The lowest BCUT2D eigenvalue weighted by atomic mass is 10.1. The van der Waals surface area contributed by atoms with Gasteiger partial charge >= 0.3 is 6.18 Å². The Morgan fingerprint density at radius 2 is 1.88 bits per heavy atom. The number of rotatable bonds is 2. The average Bonchev–Trinajstić information content (AvgIpc) is 3.03. The van der Waals surface area contributed by atoms with E-state index in [2.05, 4.69) is 0 Å². The van der Waals surface area contributed by atoms with Crippen molar-refractivity contribution in [3.8, 4) is 0 Å². The quantitative estimate of drug-likeness (QED) is 0.719. The van der Waals surface area contributed by atoms with Gasteiger partial charge in [0.25, 0.3) is 5.91 Å². The Morgan fingerprint density at radius 1 is 1.17 bits per heavy atom. The maximum absolute atomic E-state index is 12.7. The number of amides is 1. The Bertz CT molecular complexity index is 748. The van der Waals surface area contributed by atoms with Crippen LogP contribution in [0, 0.1) is 0 Å². The van der Waals surface area contributed by atoms with Crippen LogP contribution in [0.25, 0.3) is 0 Å². The van der Waals surface area contributed by atoms with Crippen molar-refractivity contribution in [2.45, 2.75) is 11.6 Å². The van der Waals surface area contributed by atoms with Crippen LogP contribution in [-0.2, 0) is 6.18 Å². The minimum absolute atomic E-state index is 0.174. The Balaban J connectivity index is 1.84. The van der Waals surface area contributed by atoms with Crippen LogP contribution in [0.1, 0.15) is 26.9 Å². The van der Waals surface area contributed by atoms with Crippen LogP contribution in [0.5, 0.6) is 0 Å². The molecule has 0 bridgehead atoms. The van der Waals surface area contributed by atoms with Crippen LogP contribution in [-0.4, -0.2) is 23.1 Å². The van der Waals surface area contributed by atoms with E-state index in [1.807, 2.05) is 0 Å². The van der Waals surface area contributed by atoms with Crippen molar-refractivity contribution in [3.05, 3.63) is 70.2 Å². The van der Waals surface area contributed by atoms with E-state index >= 15 is 0 Å². The molecule has 0 aliphatic carbocycles. The molecule has 1 amide bonds. The number of thioether (sulfide) groups is 1. The third-order valence-corrected chi connectivity index (χ3v) is 5.24. The first-order valence-electron chi connectivity index (χ1n) is 7.21. The van der Waals surface area contributed by atoms with E-state index in [1.165, 1.54) is 23.9 Å². The van der Waals surface area contributed by atoms with E-state index in [-0.39, 0.29) is 11.3 Å². The molecule has 1 fully saturated rings. The number of benzene rings is 2. The van der Waals surface area contributed by atoms with Gasteiger partial charge in [0, 0.05) is 22.9 Å². The lowest BCUT2D eigenvalue weighted by molar-refractivity contribution is -0.137. The minimum atomic E-state index is -4.36. The molecule has 3 rings (SSSR count). The molecule has 0 radical (unpaired) electrons. The second-order valence-corrected chi connectivity index (χ2v) is 6.98. The summed E-state index contributed by atoms with van der Waals surface area (Å²) in [6.45, 7) is 0.543. The molecule has 126 valence electrons. The fourth-order valence-electron chi connectivity index (χ4n) is 2.58. The number of carbonyl (C=O) groups excluding carboxylic acids is 1. The molecule has 2 aromatic carbocycles. The first-order chi connectivity index (χ1) is 11.4. The molecule has 2 aromatic rings. The van der Waals surface area contributed by atoms with Gasteiger partial charge in [-0.15, -0.1) is 11.8 Å². The van der Waals surface area contributed by atoms with E-state index in [4.69, 9.17) is 11.6 Å².